The van der Waals surface area contributed by atoms with E-state index in [0.717, 1.165) is 31.2 Å². The second-order valence-corrected chi connectivity index (χ2v) is 11.7. The fourth-order valence-electron chi connectivity index (χ4n) is 5.02. The maximum absolute atomic E-state index is 13.4. The number of benzene rings is 2. The molecule has 0 saturated heterocycles. The molecular formula is C35H44F2N3O3P. The minimum Gasteiger partial charge on any atom is -0.506 e. The summed E-state index contributed by atoms with van der Waals surface area (Å²) in [5, 5.41) is 19.4. The Hall–Kier alpha value is -3.61. The highest BCUT2D eigenvalue weighted by molar-refractivity contribution is 7.18. The van der Waals surface area contributed by atoms with Gasteiger partial charge in [0, 0.05) is 49.6 Å². The number of hydrogen-bond acceptors (Lipinski definition) is 5. The molecule has 0 saturated carbocycles. The van der Waals surface area contributed by atoms with Crippen molar-refractivity contribution in [3.63, 3.8) is 0 Å². The molecule has 0 bridgehead atoms. The Morgan fingerprint density at radius 2 is 1.89 bits per heavy atom. The minimum atomic E-state index is -2.97. The Morgan fingerprint density at radius 1 is 1.18 bits per heavy atom. The van der Waals surface area contributed by atoms with Crippen molar-refractivity contribution in [2.45, 2.75) is 58.2 Å². The Balaban J connectivity index is 1.60. The van der Waals surface area contributed by atoms with Crippen LogP contribution in [0.3, 0.4) is 0 Å². The van der Waals surface area contributed by atoms with Crippen LogP contribution in [0.5, 0.6) is 5.75 Å². The third kappa shape index (κ3) is 9.70. The van der Waals surface area contributed by atoms with Crippen LogP contribution in [0, 0.1) is 5.92 Å². The van der Waals surface area contributed by atoms with Crippen molar-refractivity contribution in [1.29, 1.82) is 0 Å². The number of ketones is 1. The molecule has 0 aliphatic carbocycles. The van der Waals surface area contributed by atoms with Crippen LogP contribution in [0.4, 0.5) is 8.78 Å². The SMILES string of the molecule is C=C/C(=C\C=C(/C)C(F)(F)P)c1ccc(C(=O)CCCC(CCC)Cn2cc3c(O)c(C(=C)NCCOC)ccc3n2)cc1. The van der Waals surface area contributed by atoms with Crippen molar-refractivity contribution in [3.05, 3.63) is 96.2 Å². The first-order valence-electron chi connectivity index (χ1n) is 14.9. The molecule has 0 fully saturated rings. The van der Waals surface area contributed by atoms with Crippen LogP contribution in [0.2, 0.25) is 0 Å². The number of aromatic hydroxyl groups is 1. The van der Waals surface area contributed by atoms with E-state index in [2.05, 4.69) is 25.4 Å². The van der Waals surface area contributed by atoms with Crippen molar-refractivity contribution in [1.82, 2.24) is 15.1 Å². The molecule has 0 aliphatic rings. The topological polar surface area (TPSA) is 76.4 Å². The van der Waals surface area contributed by atoms with E-state index in [4.69, 9.17) is 9.84 Å². The Bertz CT molecular complexity index is 1500. The number of fused-ring (bicyclic) bond motifs is 1. The summed E-state index contributed by atoms with van der Waals surface area (Å²) in [5.41, 5.74) is 1.05. The van der Waals surface area contributed by atoms with E-state index in [-0.39, 0.29) is 17.1 Å². The summed E-state index contributed by atoms with van der Waals surface area (Å²) < 4.78 is 33.8. The van der Waals surface area contributed by atoms with Crippen molar-refractivity contribution >= 4 is 37.2 Å². The highest BCUT2D eigenvalue weighted by atomic mass is 31.0. The molecule has 3 aromatic rings. The number of aromatic nitrogens is 2. The Morgan fingerprint density at radius 3 is 2.52 bits per heavy atom. The fourth-order valence-corrected chi connectivity index (χ4v) is 5.11. The summed E-state index contributed by atoms with van der Waals surface area (Å²) in [6.45, 7) is 13.2. The van der Waals surface area contributed by atoms with E-state index in [1.165, 1.54) is 22.2 Å². The van der Waals surface area contributed by atoms with Crippen LogP contribution in [0.15, 0.2) is 79.6 Å². The van der Waals surface area contributed by atoms with Gasteiger partial charge in [0.25, 0.3) is 5.66 Å². The number of carbonyl (C=O) groups is 1. The number of alkyl halides is 2. The van der Waals surface area contributed by atoms with Crippen LogP contribution in [-0.4, -0.2) is 46.6 Å². The number of hydrogen-bond donors (Lipinski definition) is 2. The summed E-state index contributed by atoms with van der Waals surface area (Å²) >= 11 is 0. The Labute approximate surface area is 261 Å². The van der Waals surface area contributed by atoms with Gasteiger partial charge >= 0.3 is 0 Å². The van der Waals surface area contributed by atoms with Gasteiger partial charge in [-0.3, -0.25) is 9.48 Å². The first-order valence-corrected chi connectivity index (χ1v) is 15.5. The van der Waals surface area contributed by atoms with Gasteiger partial charge < -0.3 is 15.2 Å². The van der Waals surface area contributed by atoms with Gasteiger partial charge in [0.1, 0.15) is 5.75 Å². The first kappa shape index (κ1) is 34.9. The predicted octanol–water partition coefficient (Wildman–Crippen LogP) is 8.40. The monoisotopic (exact) mass is 623 g/mol. The van der Waals surface area contributed by atoms with Crippen molar-refractivity contribution < 1.29 is 23.4 Å². The molecule has 1 aromatic heterocycles. The lowest BCUT2D eigenvalue weighted by molar-refractivity contribution is 0.0977. The summed E-state index contributed by atoms with van der Waals surface area (Å²) in [4.78, 5) is 12.9. The van der Waals surface area contributed by atoms with Crippen LogP contribution < -0.4 is 5.32 Å². The number of nitrogens with zero attached hydrogens (tertiary/aromatic N) is 2. The van der Waals surface area contributed by atoms with Gasteiger partial charge in [-0.25, -0.2) is 0 Å². The fraction of sp³-hybridized carbons (Fsp3) is 0.371. The molecule has 44 heavy (non-hydrogen) atoms. The Kier molecular flexibility index (Phi) is 13.0. The lowest BCUT2D eigenvalue weighted by atomic mass is 9.94. The summed E-state index contributed by atoms with van der Waals surface area (Å²) in [7, 11) is 3.16. The van der Waals surface area contributed by atoms with E-state index in [1.54, 1.807) is 31.4 Å². The number of rotatable bonds is 18. The zero-order valence-corrected chi connectivity index (χ0v) is 27.1. The van der Waals surface area contributed by atoms with Crippen LogP contribution >= 0.6 is 9.24 Å². The van der Waals surface area contributed by atoms with Gasteiger partial charge in [-0.1, -0.05) is 78.2 Å². The molecule has 236 valence electrons. The summed E-state index contributed by atoms with van der Waals surface area (Å²) in [5.74, 6) is 0.551. The second kappa shape index (κ2) is 16.5. The number of Topliss-reactive ketones (excluding diaryl/α,β-unsaturated/α-hetero) is 1. The maximum Gasteiger partial charge on any atom is 0.280 e. The number of nitrogens with one attached hydrogen (secondary N) is 1. The smallest absolute Gasteiger partial charge is 0.280 e. The molecule has 2 aromatic carbocycles. The number of allylic oxidation sites excluding steroid dienone is 5. The number of methoxy groups -OCH3 is 1. The standard InChI is InChI=1S/C35H44F2N3O3P/c1-6-9-26(22-40-23-31-32(39-40)19-18-30(34(31)42)25(4)38-20-21-43-5)10-8-11-33(41)29-16-14-28(15-17-29)27(7-2)13-12-24(3)35(36,37)44/h7,12-19,23,26,38,42H,2,4,6,8-11,20-22,44H2,1,3,5H3/b24-12+,27-13+. The molecule has 2 N–H and O–H groups in total. The number of halogens is 2. The average molecular weight is 624 g/mol. The van der Waals surface area contributed by atoms with Crippen molar-refractivity contribution in [2.24, 2.45) is 5.92 Å². The second-order valence-electron chi connectivity index (χ2n) is 11.0. The van der Waals surface area contributed by atoms with Gasteiger partial charge in [-0.05, 0) is 60.9 Å². The minimum absolute atomic E-state index is 0.0657. The van der Waals surface area contributed by atoms with Gasteiger partial charge in [-0.15, -0.1) is 0 Å². The normalized spacial score (nSPS) is 13.2. The lowest BCUT2D eigenvalue weighted by Crippen LogP contribution is -2.17. The molecule has 9 heteroatoms. The maximum atomic E-state index is 13.4. The number of carbonyl (C=O) groups excluding carboxylic acids is 1. The van der Waals surface area contributed by atoms with Crippen LogP contribution in [0.1, 0.15) is 67.4 Å². The predicted molar refractivity (Wildman–Crippen MR) is 180 cm³/mol. The third-order valence-corrected chi connectivity index (χ3v) is 8.09. The van der Waals surface area contributed by atoms with Gasteiger partial charge in [0.05, 0.1) is 17.5 Å². The van der Waals surface area contributed by atoms with Crippen LogP contribution in [0.25, 0.3) is 22.2 Å². The van der Waals surface area contributed by atoms with E-state index < -0.39 is 5.66 Å². The highest BCUT2D eigenvalue weighted by Gasteiger charge is 2.23. The molecule has 2 unspecified atom stereocenters. The molecule has 0 spiro atoms. The van der Waals surface area contributed by atoms with E-state index in [9.17, 15) is 18.7 Å². The van der Waals surface area contributed by atoms with Crippen molar-refractivity contribution in [3.8, 4) is 5.75 Å². The van der Waals surface area contributed by atoms with Crippen molar-refractivity contribution in [2.75, 3.05) is 20.3 Å². The zero-order valence-electron chi connectivity index (χ0n) is 25.9. The zero-order chi connectivity index (χ0) is 32.3. The van der Waals surface area contributed by atoms with Gasteiger partial charge in [0.2, 0.25) is 0 Å². The molecule has 1 heterocycles. The number of phenolic OH excluding ortho intramolecular Hbond substituents is 1. The van der Waals surface area contributed by atoms with E-state index in [0.29, 0.717) is 65.3 Å². The van der Waals surface area contributed by atoms with E-state index >= 15 is 0 Å². The number of phenols is 1. The molecule has 0 amide bonds. The molecule has 3 rings (SSSR count). The summed E-state index contributed by atoms with van der Waals surface area (Å²) in [6, 6.07) is 10.9. The summed E-state index contributed by atoms with van der Waals surface area (Å²) in [6.07, 6.45) is 10.5. The lowest BCUT2D eigenvalue weighted by Gasteiger charge is -2.16. The quantitative estimate of drug-likeness (QED) is 0.0644. The number of ether oxygens (including phenoxy) is 1. The third-order valence-electron chi connectivity index (χ3n) is 7.64. The van der Waals surface area contributed by atoms with Gasteiger partial charge in [0.15, 0.2) is 5.78 Å². The highest BCUT2D eigenvalue weighted by Crippen LogP contribution is 2.32. The molecular weight excluding hydrogens is 579 g/mol. The van der Waals surface area contributed by atoms with Crippen LogP contribution in [-0.2, 0) is 11.3 Å². The molecule has 2 atom stereocenters. The average Bonchev–Trinajstić information content (AvgIpc) is 3.41. The molecule has 0 aliphatic heterocycles. The largest absolute Gasteiger partial charge is 0.506 e. The van der Waals surface area contributed by atoms with E-state index in [1.807, 2.05) is 35.1 Å². The molecule has 0 radical (unpaired) electrons. The molecule has 6 nitrogen and oxygen atoms in total. The first-order chi connectivity index (χ1) is 21.0. The van der Waals surface area contributed by atoms with Gasteiger partial charge in [-0.2, -0.15) is 13.9 Å².